The Kier molecular flexibility index (Phi) is 5.37. The van der Waals surface area contributed by atoms with Crippen LogP contribution in [0.2, 0.25) is 0 Å². The quantitative estimate of drug-likeness (QED) is 0.821. The smallest absolute Gasteiger partial charge is 0.123 e. The number of rotatable bonds is 7. The molecule has 2 rings (SSSR count). The van der Waals surface area contributed by atoms with Gasteiger partial charge in [-0.3, -0.25) is 0 Å². The van der Waals surface area contributed by atoms with Crippen molar-refractivity contribution in [3.05, 3.63) is 65.7 Å². The van der Waals surface area contributed by atoms with Crippen molar-refractivity contribution < 1.29 is 9.84 Å². The number of aliphatic hydroxyl groups excluding tert-OH is 1. The fourth-order valence-corrected chi connectivity index (χ4v) is 2.29. The van der Waals surface area contributed by atoms with Gasteiger partial charge in [-0.1, -0.05) is 48.5 Å². The van der Waals surface area contributed by atoms with Crippen LogP contribution in [-0.4, -0.2) is 18.3 Å². The van der Waals surface area contributed by atoms with Crippen molar-refractivity contribution in [3.8, 4) is 5.75 Å². The first kappa shape index (κ1) is 15.5. The zero-order valence-electron chi connectivity index (χ0n) is 12.7. The number of ether oxygens (including phenoxy) is 1. The van der Waals surface area contributed by atoms with Crippen molar-refractivity contribution >= 4 is 0 Å². The van der Waals surface area contributed by atoms with Gasteiger partial charge in [0.1, 0.15) is 5.75 Å². The van der Waals surface area contributed by atoms with Crippen LogP contribution in [0.15, 0.2) is 54.6 Å². The van der Waals surface area contributed by atoms with Gasteiger partial charge in [-0.2, -0.15) is 0 Å². The minimum Gasteiger partial charge on any atom is -0.494 e. The zero-order chi connectivity index (χ0) is 15.1. The first-order valence-electron chi connectivity index (χ1n) is 7.31. The Labute approximate surface area is 126 Å². The first-order valence-corrected chi connectivity index (χ1v) is 7.31. The highest BCUT2D eigenvalue weighted by Gasteiger charge is 2.25. The molecule has 2 aromatic carbocycles. The summed E-state index contributed by atoms with van der Waals surface area (Å²) in [6.07, 6.45) is 0. The second-order valence-corrected chi connectivity index (χ2v) is 5.25. The second kappa shape index (κ2) is 7.25. The van der Waals surface area contributed by atoms with E-state index < -0.39 is 5.54 Å². The Balaban J connectivity index is 2.14. The molecule has 0 aliphatic carbocycles. The zero-order valence-corrected chi connectivity index (χ0v) is 12.7. The van der Waals surface area contributed by atoms with Gasteiger partial charge in [-0.25, -0.2) is 0 Å². The van der Waals surface area contributed by atoms with Crippen LogP contribution in [0.3, 0.4) is 0 Å². The van der Waals surface area contributed by atoms with E-state index in [9.17, 15) is 5.11 Å². The van der Waals surface area contributed by atoms with Gasteiger partial charge in [-0.15, -0.1) is 0 Å². The maximum absolute atomic E-state index is 9.80. The van der Waals surface area contributed by atoms with Crippen LogP contribution >= 0.6 is 0 Å². The summed E-state index contributed by atoms with van der Waals surface area (Å²) < 4.78 is 5.64. The molecule has 0 saturated carbocycles. The number of benzene rings is 2. The molecule has 3 nitrogen and oxygen atoms in total. The first-order chi connectivity index (χ1) is 10.2. The summed E-state index contributed by atoms with van der Waals surface area (Å²) in [5.41, 5.74) is 1.69. The molecule has 112 valence electrons. The minimum absolute atomic E-state index is 0.0355. The van der Waals surface area contributed by atoms with Crippen LogP contribution in [0, 0.1) is 0 Å². The summed E-state index contributed by atoms with van der Waals surface area (Å²) in [6.45, 7) is 5.31. The highest BCUT2D eigenvalue weighted by Crippen LogP contribution is 2.23. The normalized spacial score (nSPS) is 13.7. The van der Waals surface area contributed by atoms with E-state index in [2.05, 4.69) is 5.32 Å². The number of hydrogen-bond acceptors (Lipinski definition) is 3. The van der Waals surface area contributed by atoms with Gasteiger partial charge >= 0.3 is 0 Å². The molecule has 0 fully saturated rings. The molecule has 0 amide bonds. The van der Waals surface area contributed by atoms with Crippen LogP contribution in [0.25, 0.3) is 0 Å². The Bertz CT molecular complexity index is 556. The van der Waals surface area contributed by atoms with E-state index in [1.165, 1.54) is 0 Å². The lowest BCUT2D eigenvalue weighted by Gasteiger charge is -2.30. The summed E-state index contributed by atoms with van der Waals surface area (Å²) in [7, 11) is 0. The molecule has 2 N–H and O–H groups in total. The van der Waals surface area contributed by atoms with E-state index in [1.807, 2.05) is 68.4 Å². The Morgan fingerprint density at radius 2 is 1.71 bits per heavy atom. The molecule has 0 spiro atoms. The predicted octanol–water partition coefficient (Wildman–Crippen LogP) is 3.08. The van der Waals surface area contributed by atoms with Gasteiger partial charge in [0.05, 0.1) is 18.8 Å². The Morgan fingerprint density at radius 1 is 1.05 bits per heavy atom. The molecule has 0 aromatic heterocycles. The van der Waals surface area contributed by atoms with Gasteiger partial charge in [0, 0.05) is 12.1 Å². The van der Waals surface area contributed by atoms with Crippen molar-refractivity contribution in [2.45, 2.75) is 25.9 Å². The molecule has 0 saturated heterocycles. The summed E-state index contributed by atoms with van der Waals surface area (Å²) >= 11 is 0. The average molecular weight is 285 g/mol. The molecular weight excluding hydrogens is 262 g/mol. The van der Waals surface area contributed by atoms with Crippen molar-refractivity contribution in [2.24, 2.45) is 0 Å². The van der Waals surface area contributed by atoms with Gasteiger partial charge in [0.15, 0.2) is 0 Å². The van der Waals surface area contributed by atoms with Gasteiger partial charge in [-0.05, 0) is 25.5 Å². The third kappa shape index (κ3) is 3.84. The van der Waals surface area contributed by atoms with E-state index in [-0.39, 0.29) is 6.61 Å². The maximum atomic E-state index is 9.80. The van der Waals surface area contributed by atoms with Crippen molar-refractivity contribution in [1.82, 2.24) is 5.32 Å². The maximum Gasteiger partial charge on any atom is 0.123 e. The predicted molar refractivity (Wildman–Crippen MR) is 85.3 cm³/mol. The van der Waals surface area contributed by atoms with Gasteiger partial charge < -0.3 is 15.2 Å². The van der Waals surface area contributed by atoms with Crippen LogP contribution in [-0.2, 0) is 12.1 Å². The molecule has 0 aliphatic heterocycles. The van der Waals surface area contributed by atoms with Crippen LogP contribution in [0.1, 0.15) is 25.0 Å². The summed E-state index contributed by atoms with van der Waals surface area (Å²) in [4.78, 5) is 0. The highest BCUT2D eigenvalue weighted by atomic mass is 16.5. The molecule has 3 heteroatoms. The van der Waals surface area contributed by atoms with E-state index >= 15 is 0 Å². The Morgan fingerprint density at radius 3 is 2.38 bits per heavy atom. The topological polar surface area (TPSA) is 41.5 Å². The second-order valence-electron chi connectivity index (χ2n) is 5.25. The Hall–Kier alpha value is -1.84. The van der Waals surface area contributed by atoms with Crippen molar-refractivity contribution in [3.63, 3.8) is 0 Å². The molecule has 0 radical (unpaired) electrons. The lowest BCUT2D eigenvalue weighted by Crippen LogP contribution is -2.42. The summed E-state index contributed by atoms with van der Waals surface area (Å²) in [5, 5.41) is 13.2. The third-order valence-corrected chi connectivity index (χ3v) is 3.67. The number of hydrogen-bond donors (Lipinski definition) is 2. The lowest BCUT2D eigenvalue weighted by molar-refractivity contribution is 0.173. The minimum atomic E-state index is -0.472. The monoisotopic (exact) mass is 285 g/mol. The molecule has 2 aromatic rings. The average Bonchev–Trinajstić information content (AvgIpc) is 2.55. The summed E-state index contributed by atoms with van der Waals surface area (Å²) in [5.74, 6) is 0.890. The van der Waals surface area contributed by atoms with Gasteiger partial charge in [0.25, 0.3) is 0 Å². The van der Waals surface area contributed by atoms with Crippen LogP contribution in [0.4, 0.5) is 0 Å². The molecule has 1 atom stereocenters. The van der Waals surface area contributed by atoms with Gasteiger partial charge in [0.2, 0.25) is 0 Å². The van der Waals surface area contributed by atoms with Crippen LogP contribution < -0.4 is 10.1 Å². The van der Waals surface area contributed by atoms with Crippen LogP contribution in [0.5, 0.6) is 5.75 Å². The summed E-state index contributed by atoms with van der Waals surface area (Å²) in [6, 6.07) is 18.0. The highest BCUT2D eigenvalue weighted by molar-refractivity contribution is 5.34. The molecule has 1 unspecified atom stereocenters. The van der Waals surface area contributed by atoms with E-state index in [4.69, 9.17) is 4.74 Å². The number of aliphatic hydroxyl groups is 1. The number of nitrogens with one attached hydrogen (secondary N) is 1. The van der Waals surface area contributed by atoms with Crippen molar-refractivity contribution in [2.75, 3.05) is 13.2 Å². The fraction of sp³-hybridized carbons (Fsp3) is 0.333. The van der Waals surface area contributed by atoms with E-state index in [0.29, 0.717) is 13.2 Å². The fourth-order valence-electron chi connectivity index (χ4n) is 2.29. The molecule has 21 heavy (non-hydrogen) atoms. The van der Waals surface area contributed by atoms with Crippen molar-refractivity contribution in [1.29, 1.82) is 0 Å². The standard InChI is InChI=1S/C18H23NO2/c1-3-21-17-12-8-7-9-15(17)13-19-18(2,14-20)16-10-5-4-6-11-16/h4-12,19-20H,3,13-14H2,1-2H3. The third-order valence-electron chi connectivity index (χ3n) is 3.67. The van der Waals surface area contributed by atoms with E-state index in [1.54, 1.807) is 0 Å². The molecule has 0 heterocycles. The molecular formula is C18H23NO2. The van der Waals surface area contributed by atoms with E-state index in [0.717, 1.165) is 16.9 Å². The lowest BCUT2D eigenvalue weighted by atomic mass is 9.92. The largest absolute Gasteiger partial charge is 0.494 e. The molecule has 0 bridgehead atoms. The SMILES string of the molecule is CCOc1ccccc1CNC(C)(CO)c1ccccc1. The number of para-hydroxylation sites is 1. The molecule has 0 aliphatic rings.